The highest BCUT2D eigenvalue weighted by Crippen LogP contribution is 2.22. The SMILES string of the molecule is COc1ccccc1CNC(=O)[C@H](C)OC(=O)c1ccc(N2CCCCC2=O)cc1. The van der Waals surface area contributed by atoms with Crippen LogP contribution in [0.4, 0.5) is 5.69 Å². The molecule has 0 radical (unpaired) electrons. The summed E-state index contributed by atoms with van der Waals surface area (Å²) < 4.78 is 10.5. The molecule has 7 heteroatoms. The summed E-state index contributed by atoms with van der Waals surface area (Å²) in [5.74, 6) is -0.220. The van der Waals surface area contributed by atoms with Crippen molar-refractivity contribution in [2.24, 2.45) is 0 Å². The fourth-order valence-corrected chi connectivity index (χ4v) is 3.31. The maximum absolute atomic E-state index is 12.4. The molecule has 1 aliphatic rings. The van der Waals surface area contributed by atoms with Crippen molar-refractivity contribution in [3.05, 3.63) is 59.7 Å². The molecule has 0 aromatic heterocycles. The number of para-hydroxylation sites is 1. The predicted molar refractivity (Wildman–Crippen MR) is 112 cm³/mol. The average Bonchev–Trinajstić information content (AvgIpc) is 2.78. The van der Waals surface area contributed by atoms with Crippen LogP contribution in [0.5, 0.6) is 5.75 Å². The van der Waals surface area contributed by atoms with Crippen molar-refractivity contribution in [1.29, 1.82) is 0 Å². The Morgan fingerprint density at radius 1 is 1.10 bits per heavy atom. The molecule has 30 heavy (non-hydrogen) atoms. The number of amides is 2. The Balaban J connectivity index is 1.54. The number of esters is 1. The highest BCUT2D eigenvalue weighted by Gasteiger charge is 2.21. The van der Waals surface area contributed by atoms with E-state index in [-0.39, 0.29) is 12.5 Å². The molecule has 1 atom stereocenters. The first kappa shape index (κ1) is 21.4. The number of methoxy groups -OCH3 is 1. The van der Waals surface area contributed by atoms with Crippen molar-refractivity contribution in [1.82, 2.24) is 5.32 Å². The van der Waals surface area contributed by atoms with Gasteiger partial charge in [0, 0.05) is 30.8 Å². The van der Waals surface area contributed by atoms with Gasteiger partial charge in [0.15, 0.2) is 6.10 Å². The van der Waals surface area contributed by atoms with E-state index in [0.29, 0.717) is 24.3 Å². The van der Waals surface area contributed by atoms with Crippen molar-refractivity contribution in [3.8, 4) is 5.75 Å². The summed E-state index contributed by atoms with van der Waals surface area (Å²) in [5, 5.41) is 2.75. The highest BCUT2D eigenvalue weighted by molar-refractivity contribution is 5.96. The number of anilines is 1. The van der Waals surface area contributed by atoms with E-state index in [4.69, 9.17) is 9.47 Å². The summed E-state index contributed by atoms with van der Waals surface area (Å²) in [6, 6.07) is 14.0. The van der Waals surface area contributed by atoms with Crippen molar-refractivity contribution >= 4 is 23.5 Å². The van der Waals surface area contributed by atoms with Gasteiger partial charge in [-0.15, -0.1) is 0 Å². The molecule has 1 N–H and O–H groups in total. The number of carbonyl (C=O) groups excluding carboxylic acids is 3. The van der Waals surface area contributed by atoms with Gasteiger partial charge in [-0.1, -0.05) is 18.2 Å². The molecular weight excluding hydrogens is 384 g/mol. The van der Waals surface area contributed by atoms with Gasteiger partial charge in [0.25, 0.3) is 5.91 Å². The minimum atomic E-state index is -0.949. The first-order valence-electron chi connectivity index (χ1n) is 10.0. The number of rotatable bonds is 7. The molecule has 1 aliphatic heterocycles. The molecule has 0 saturated carbocycles. The van der Waals surface area contributed by atoms with E-state index in [1.807, 2.05) is 24.3 Å². The van der Waals surface area contributed by atoms with Crippen molar-refractivity contribution in [2.75, 3.05) is 18.6 Å². The van der Waals surface area contributed by atoms with Crippen LogP contribution in [0.25, 0.3) is 0 Å². The largest absolute Gasteiger partial charge is 0.496 e. The van der Waals surface area contributed by atoms with Crippen LogP contribution in [0.1, 0.15) is 42.1 Å². The number of hydrogen-bond acceptors (Lipinski definition) is 5. The Labute approximate surface area is 176 Å². The first-order valence-corrected chi connectivity index (χ1v) is 10.0. The fourth-order valence-electron chi connectivity index (χ4n) is 3.31. The van der Waals surface area contributed by atoms with E-state index in [1.54, 1.807) is 36.3 Å². The van der Waals surface area contributed by atoms with Crippen molar-refractivity contribution in [2.45, 2.75) is 38.8 Å². The quantitative estimate of drug-likeness (QED) is 0.709. The zero-order valence-electron chi connectivity index (χ0n) is 17.2. The summed E-state index contributed by atoms with van der Waals surface area (Å²) in [6.07, 6.45) is 1.48. The van der Waals surface area contributed by atoms with Gasteiger partial charge in [0.05, 0.1) is 12.7 Å². The van der Waals surface area contributed by atoms with Gasteiger partial charge < -0.3 is 19.7 Å². The molecule has 1 heterocycles. The van der Waals surface area contributed by atoms with E-state index >= 15 is 0 Å². The predicted octanol–water partition coefficient (Wildman–Crippen LogP) is 3.07. The van der Waals surface area contributed by atoms with Crippen LogP contribution in [0, 0.1) is 0 Å². The molecule has 0 unspecified atom stereocenters. The molecule has 3 rings (SSSR count). The molecule has 0 bridgehead atoms. The van der Waals surface area contributed by atoms with E-state index in [9.17, 15) is 14.4 Å². The third-order valence-corrected chi connectivity index (χ3v) is 5.04. The van der Waals surface area contributed by atoms with E-state index in [1.165, 1.54) is 6.92 Å². The maximum Gasteiger partial charge on any atom is 0.338 e. The van der Waals surface area contributed by atoms with Crippen LogP contribution < -0.4 is 15.0 Å². The number of hydrogen-bond donors (Lipinski definition) is 1. The van der Waals surface area contributed by atoms with Crippen LogP contribution >= 0.6 is 0 Å². The summed E-state index contributed by atoms with van der Waals surface area (Å²) in [7, 11) is 1.57. The molecule has 2 aromatic carbocycles. The van der Waals surface area contributed by atoms with E-state index in [2.05, 4.69) is 5.32 Å². The second-order valence-electron chi connectivity index (χ2n) is 7.13. The highest BCUT2D eigenvalue weighted by atomic mass is 16.5. The number of ether oxygens (including phenoxy) is 2. The van der Waals surface area contributed by atoms with Crippen LogP contribution in [0.2, 0.25) is 0 Å². The lowest BCUT2D eigenvalue weighted by molar-refractivity contribution is -0.129. The van der Waals surface area contributed by atoms with Gasteiger partial charge in [-0.25, -0.2) is 4.79 Å². The molecule has 2 aromatic rings. The van der Waals surface area contributed by atoms with Gasteiger partial charge in [-0.05, 0) is 50.1 Å². The molecule has 0 aliphatic carbocycles. The van der Waals surface area contributed by atoms with Gasteiger partial charge in [-0.3, -0.25) is 9.59 Å². The Morgan fingerprint density at radius 3 is 2.53 bits per heavy atom. The normalized spacial score (nSPS) is 14.7. The topological polar surface area (TPSA) is 84.9 Å². The smallest absolute Gasteiger partial charge is 0.338 e. The number of piperidine rings is 1. The van der Waals surface area contributed by atoms with Gasteiger partial charge in [0.1, 0.15) is 5.75 Å². The minimum absolute atomic E-state index is 0.0944. The van der Waals surface area contributed by atoms with Gasteiger partial charge in [-0.2, -0.15) is 0 Å². The first-order chi connectivity index (χ1) is 14.5. The van der Waals surface area contributed by atoms with Crippen molar-refractivity contribution < 1.29 is 23.9 Å². The van der Waals surface area contributed by atoms with Crippen LogP contribution in [0.15, 0.2) is 48.5 Å². The second kappa shape index (κ2) is 9.91. The van der Waals surface area contributed by atoms with E-state index in [0.717, 1.165) is 24.1 Å². The van der Waals surface area contributed by atoms with Gasteiger partial charge in [0.2, 0.25) is 5.91 Å². The Bertz CT molecular complexity index is 910. The fraction of sp³-hybridized carbons (Fsp3) is 0.348. The number of benzene rings is 2. The average molecular weight is 410 g/mol. The third kappa shape index (κ3) is 5.17. The van der Waals surface area contributed by atoms with Crippen LogP contribution in [-0.2, 0) is 20.9 Å². The molecule has 1 saturated heterocycles. The summed E-state index contributed by atoms with van der Waals surface area (Å²) in [5.41, 5.74) is 1.92. The minimum Gasteiger partial charge on any atom is -0.496 e. The lowest BCUT2D eigenvalue weighted by Crippen LogP contribution is -2.35. The summed E-state index contributed by atoms with van der Waals surface area (Å²) in [6.45, 7) is 2.48. The Hall–Kier alpha value is -3.35. The second-order valence-corrected chi connectivity index (χ2v) is 7.13. The molecule has 1 fully saturated rings. The number of nitrogens with zero attached hydrogens (tertiary/aromatic N) is 1. The summed E-state index contributed by atoms with van der Waals surface area (Å²) >= 11 is 0. The standard InChI is InChI=1S/C23H26N2O5/c1-16(22(27)24-15-18-7-3-4-8-20(18)29-2)30-23(28)17-10-12-19(13-11-17)25-14-6-5-9-21(25)26/h3-4,7-8,10-13,16H,5-6,9,14-15H2,1-2H3,(H,24,27)/t16-/m0/s1. The van der Waals surface area contributed by atoms with Crippen molar-refractivity contribution in [3.63, 3.8) is 0 Å². The van der Waals surface area contributed by atoms with Gasteiger partial charge >= 0.3 is 5.97 Å². The maximum atomic E-state index is 12.4. The monoisotopic (exact) mass is 410 g/mol. The summed E-state index contributed by atoms with van der Waals surface area (Å²) in [4.78, 5) is 38.4. The van der Waals surface area contributed by atoms with E-state index < -0.39 is 18.0 Å². The zero-order valence-corrected chi connectivity index (χ0v) is 17.2. The molecule has 0 spiro atoms. The molecule has 158 valence electrons. The lowest BCUT2D eigenvalue weighted by Gasteiger charge is -2.26. The molecule has 2 amide bonds. The molecular formula is C23H26N2O5. The third-order valence-electron chi connectivity index (χ3n) is 5.04. The van der Waals surface area contributed by atoms with Crippen LogP contribution in [-0.4, -0.2) is 37.5 Å². The Kier molecular flexibility index (Phi) is 7.06. The number of nitrogens with one attached hydrogen (secondary N) is 1. The lowest BCUT2D eigenvalue weighted by atomic mass is 10.1. The number of carbonyl (C=O) groups is 3. The Morgan fingerprint density at radius 2 is 1.83 bits per heavy atom. The zero-order chi connectivity index (χ0) is 21.5. The van der Waals surface area contributed by atoms with Crippen LogP contribution in [0.3, 0.4) is 0 Å². The molecule has 7 nitrogen and oxygen atoms in total.